The molecule has 0 bridgehead atoms. The molecule has 0 fully saturated rings. The first-order chi connectivity index (χ1) is 8.65. The van der Waals surface area contributed by atoms with Crippen LogP contribution in [0, 0.1) is 5.82 Å². The standard InChI is InChI=1S/C13H19FN2O3/c1-13(2,18)7-16(3)11-5-8(12(17)19-4)10(15)6-9(11)14/h5-6,18H,7,15H2,1-4H3. The fraction of sp³-hybridized carbons (Fsp3) is 0.462. The molecule has 0 atom stereocenters. The van der Waals surface area contributed by atoms with Crippen LogP contribution in [0.15, 0.2) is 12.1 Å². The van der Waals surface area contributed by atoms with Gasteiger partial charge in [-0.15, -0.1) is 0 Å². The summed E-state index contributed by atoms with van der Waals surface area (Å²) in [7, 11) is 2.85. The zero-order valence-corrected chi connectivity index (χ0v) is 11.5. The maximum atomic E-state index is 13.9. The molecular weight excluding hydrogens is 251 g/mol. The number of nitrogen functional groups attached to an aromatic ring is 1. The molecule has 0 amide bonds. The molecule has 1 aromatic rings. The van der Waals surface area contributed by atoms with Crippen molar-refractivity contribution < 1.29 is 19.0 Å². The van der Waals surface area contributed by atoms with E-state index in [9.17, 15) is 14.3 Å². The largest absolute Gasteiger partial charge is 0.465 e. The highest BCUT2D eigenvalue weighted by Gasteiger charge is 2.21. The fourth-order valence-electron chi connectivity index (χ4n) is 1.82. The molecule has 0 heterocycles. The van der Waals surface area contributed by atoms with Crippen LogP contribution in [0.1, 0.15) is 24.2 Å². The van der Waals surface area contributed by atoms with Crippen LogP contribution in [0.4, 0.5) is 15.8 Å². The second kappa shape index (κ2) is 5.44. The van der Waals surface area contributed by atoms with E-state index < -0.39 is 17.4 Å². The van der Waals surface area contributed by atoms with E-state index in [1.165, 1.54) is 18.1 Å². The molecule has 0 aliphatic rings. The normalized spacial score (nSPS) is 11.3. The monoisotopic (exact) mass is 270 g/mol. The van der Waals surface area contributed by atoms with E-state index in [4.69, 9.17) is 5.73 Å². The summed E-state index contributed by atoms with van der Waals surface area (Å²) in [4.78, 5) is 13.0. The van der Waals surface area contributed by atoms with Gasteiger partial charge < -0.3 is 20.5 Å². The van der Waals surface area contributed by atoms with E-state index in [-0.39, 0.29) is 23.5 Å². The number of aliphatic hydroxyl groups is 1. The Labute approximate surface area is 111 Å². The Hall–Kier alpha value is -1.82. The third-order valence-electron chi connectivity index (χ3n) is 2.56. The van der Waals surface area contributed by atoms with E-state index in [0.29, 0.717) is 0 Å². The average molecular weight is 270 g/mol. The van der Waals surface area contributed by atoms with Crippen molar-refractivity contribution in [3.8, 4) is 0 Å². The molecule has 5 nitrogen and oxygen atoms in total. The van der Waals surface area contributed by atoms with Crippen molar-refractivity contribution in [3.05, 3.63) is 23.5 Å². The summed E-state index contributed by atoms with van der Waals surface area (Å²) in [5, 5.41) is 9.74. The van der Waals surface area contributed by atoms with Gasteiger partial charge in [0.15, 0.2) is 0 Å². The van der Waals surface area contributed by atoms with Crippen LogP contribution in [0.25, 0.3) is 0 Å². The van der Waals surface area contributed by atoms with E-state index in [1.807, 2.05) is 0 Å². The molecule has 0 saturated carbocycles. The van der Waals surface area contributed by atoms with Crippen LogP contribution in [0.3, 0.4) is 0 Å². The number of hydrogen-bond acceptors (Lipinski definition) is 5. The molecule has 0 unspecified atom stereocenters. The van der Waals surface area contributed by atoms with E-state index >= 15 is 0 Å². The van der Waals surface area contributed by atoms with E-state index in [2.05, 4.69) is 4.74 Å². The lowest BCUT2D eigenvalue weighted by Gasteiger charge is -2.28. The average Bonchev–Trinajstić information content (AvgIpc) is 2.25. The van der Waals surface area contributed by atoms with E-state index in [0.717, 1.165) is 6.07 Å². The van der Waals surface area contributed by atoms with Crippen molar-refractivity contribution >= 4 is 17.3 Å². The van der Waals surface area contributed by atoms with Crippen molar-refractivity contribution in [1.29, 1.82) is 0 Å². The zero-order chi connectivity index (χ0) is 14.8. The molecule has 6 heteroatoms. The van der Waals surface area contributed by atoms with Crippen molar-refractivity contribution in [2.24, 2.45) is 0 Å². The van der Waals surface area contributed by atoms with Gasteiger partial charge in [0.2, 0.25) is 0 Å². The van der Waals surface area contributed by atoms with Gasteiger partial charge in [0.1, 0.15) is 5.82 Å². The number of carbonyl (C=O) groups is 1. The van der Waals surface area contributed by atoms with Crippen LogP contribution < -0.4 is 10.6 Å². The summed E-state index contributed by atoms with van der Waals surface area (Å²) < 4.78 is 18.5. The Bertz CT molecular complexity index is 484. The Balaban J connectivity index is 3.17. The molecule has 0 aliphatic carbocycles. The van der Waals surface area contributed by atoms with Gasteiger partial charge in [-0.2, -0.15) is 0 Å². The number of carbonyl (C=O) groups excluding carboxylic acids is 1. The number of likely N-dealkylation sites (N-methyl/N-ethyl adjacent to an activating group) is 1. The van der Waals surface area contributed by atoms with Crippen LogP contribution in [-0.4, -0.2) is 37.4 Å². The molecule has 0 spiro atoms. The first kappa shape index (κ1) is 15.2. The summed E-state index contributed by atoms with van der Waals surface area (Å²) in [6, 6.07) is 2.39. The Kier molecular flexibility index (Phi) is 4.36. The van der Waals surface area contributed by atoms with E-state index in [1.54, 1.807) is 20.9 Å². The molecule has 0 radical (unpaired) electrons. The molecule has 0 aromatic heterocycles. The van der Waals surface area contributed by atoms with Crippen molar-refractivity contribution in [3.63, 3.8) is 0 Å². The number of anilines is 2. The molecule has 106 valence electrons. The van der Waals surface area contributed by atoms with Crippen LogP contribution in [0.5, 0.6) is 0 Å². The van der Waals surface area contributed by atoms with Gasteiger partial charge in [0, 0.05) is 19.3 Å². The molecule has 3 N–H and O–H groups in total. The summed E-state index contributed by atoms with van der Waals surface area (Å²) in [5.74, 6) is -1.19. The minimum atomic E-state index is -0.992. The summed E-state index contributed by atoms with van der Waals surface area (Å²) in [6.07, 6.45) is 0. The summed E-state index contributed by atoms with van der Waals surface area (Å²) in [6.45, 7) is 3.42. The topological polar surface area (TPSA) is 75.8 Å². The minimum Gasteiger partial charge on any atom is -0.465 e. The molecule has 19 heavy (non-hydrogen) atoms. The quantitative estimate of drug-likeness (QED) is 0.639. The van der Waals surface area contributed by atoms with Crippen molar-refractivity contribution in [2.75, 3.05) is 31.3 Å². The predicted molar refractivity (Wildman–Crippen MR) is 71.7 cm³/mol. The fourth-order valence-corrected chi connectivity index (χ4v) is 1.82. The van der Waals surface area contributed by atoms with Gasteiger partial charge in [0.05, 0.1) is 24.0 Å². The lowest BCUT2D eigenvalue weighted by atomic mass is 10.1. The zero-order valence-electron chi connectivity index (χ0n) is 11.5. The first-order valence-electron chi connectivity index (χ1n) is 5.76. The van der Waals surface area contributed by atoms with Crippen molar-refractivity contribution in [2.45, 2.75) is 19.4 Å². The first-order valence-corrected chi connectivity index (χ1v) is 5.76. The highest BCUT2D eigenvalue weighted by Crippen LogP contribution is 2.26. The van der Waals surface area contributed by atoms with Crippen LogP contribution >= 0.6 is 0 Å². The molecule has 1 rings (SSSR count). The lowest BCUT2D eigenvalue weighted by Crippen LogP contribution is -2.36. The Morgan fingerprint density at radius 3 is 2.58 bits per heavy atom. The lowest BCUT2D eigenvalue weighted by molar-refractivity contribution is 0.0602. The summed E-state index contributed by atoms with van der Waals surface area (Å²) >= 11 is 0. The van der Waals surface area contributed by atoms with Gasteiger partial charge in [-0.25, -0.2) is 9.18 Å². The maximum Gasteiger partial charge on any atom is 0.340 e. The van der Waals surface area contributed by atoms with Gasteiger partial charge in [0.25, 0.3) is 0 Å². The summed E-state index contributed by atoms with van der Waals surface area (Å²) in [5.41, 5.74) is 4.89. The number of rotatable bonds is 4. The number of methoxy groups -OCH3 is 1. The predicted octanol–water partition coefficient (Wildman–Crippen LogP) is 1.40. The SMILES string of the molecule is COC(=O)c1cc(N(C)CC(C)(C)O)c(F)cc1N. The second-order valence-electron chi connectivity index (χ2n) is 5.05. The number of ether oxygens (including phenoxy) is 1. The van der Waals surface area contributed by atoms with Gasteiger partial charge in [-0.3, -0.25) is 0 Å². The number of halogens is 1. The number of benzene rings is 1. The van der Waals surface area contributed by atoms with Crippen LogP contribution in [0.2, 0.25) is 0 Å². The Morgan fingerprint density at radius 2 is 2.11 bits per heavy atom. The molecule has 1 aromatic carbocycles. The number of esters is 1. The third-order valence-corrected chi connectivity index (χ3v) is 2.56. The Morgan fingerprint density at radius 1 is 1.53 bits per heavy atom. The number of hydrogen-bond donors (Lipinski definition) is 2. The highest BCUT2D eigenvalue weighted by molar-refractivity contribution is 5.96. The van der Waals surface area contributed by atoms with Gasteiger partial charge in [-0.1, -0.05) is 0 Å². The number of nitrogens with two attached hydrogens (primary N) is 1. The number of nitrogens with zero attached hydrogens (tertiary/aromatic N) is 1. The van der Waals surface area contributed by atoms with Gasteiger partial charge in [-0.05, 0) is 26.0 Å². The smallest absolute Gasteiger partial charge is 0.340 e. The van der Waals surface area contributed by atoms with Gasteiger partial charge >= 0.3 is 5.97 Å². The highest BCUT2D eigenvalue weighted by atomic mass is 19.1. The molecule has 0 saturated heterocycles. The minimum absolute atomic E-state index is 0.0183. The van der Waals surface area contributed by atoms with Crippen LogP contribution in [-0.2, 0) is 4.74 Å². The van der Waals surface area contributed by atoms with Crippen molar-refractivity contribution in [1.82, 2.24) is 0 Å². The molecular formula is C13H19FN2O3. The third kappa shape index (κ3) is 3.82. The molecule has 0 aliphatic heterocycles. The second-order valence-corrected chi connectivity index (χ2v) is 5.05. The maximum absolute atomic E-state index is 13.9.